The number of ether oxygens (including phenoxy) is 2. The SMILES string of the molecule is C=C(OC(C)CC(C)OC1C2=c3c(n(-c4ccccc4)c4ccccc34)=CCC2=C2C=CC(C(F)(F)F)=CN21)C1C2=c3c(n(-c4ccccc4)c4ccccc34)=CCC2=C2C=CC(C(F)(F)F)=CN21. The molecule has 12 heteroatoms. The molecule has 0 N–H and O–H groups in total. The number of rotatable bonds is 9. The molecule has 0 spiro atoms. The lowest BCUT2D eigenvalue weighted by Crippen LogP contribution is -2.40. The second-order valence-corrected chi connectivity index (χ2v) is 18.2. The molecule has 2 aliphatic carbocycles. The molecule has 6 aliphatic rings. The van der Waals surface area contributed by atoms with Crippen LogP contribution in [0.3, 0.4) is 0 Å². The fourth-order valence-electron chi connectivity index (χ4n) is 11.3. The predicted octanol–water partition coefficient (Wildman–Crippen LogP) is 10.5. The van der Waals surface area contributed by atoms with Crippen molar-refractivity contribution in [3.63, 3.8) is 0 Å². The van der Waals surface area contributed by atoms with Crippen molar-refractivity contribution in [3.8, 4) is 11.4 Å². The second-order valence-electron chi connectivity index (χ2n) is 18.2. The summed E-state index contributed by atoms with van der Waals surface area (Å²) in [6.07, 6.45) is 1.85. The van der Waals surface area contributed by atoms with Gasteiger partial charge in [0.2, 0.25) is 0 Å². The van der Waals surface area contributed by atoms with Crippen LogP contribution in [0, 0.1) is 0 Å². The first-order valence-corrected chi connectivity index (χ1v) is 23.0. The highest BCUT2D eigenvalue weighted by Gasteiger charge is 2.45. The molecular weight excluding hydrogens is 887 g/mol. The van der Waals surface area contributed by atoms with Gasteiger partial charge in [0.1, 0.15) is 11.8 Å². The van der Waals surface area contributed by atoms with Gasteiger partial charge < -0.3 is 28.4 Å². The summed E-state index contributed by atoms with van der Waals surface area (Å²) in [5.41, 5.74) is 6.96. The molecule has 2 aromatic heterocycles. The van der Waals surface area contributed by atoms with Gasteiger partial charge in [0, 0.05) is 68.4 Å². The van der Waals surface area contributed by atoms with Gasteiger partial charge in [-0.3, -0.25) is 0 Å². The third-order valence-corrected chi connectivity index (χ3v) is 14.0. The van der Waals surface area contributed by atoms with E-state index in [2.05, 4.69) is 27.9 Å². The maximum atomic E-state index is 14.5. The Hall–Kier alpha value is -7.44. The van der Waals surface area contributed by atoms with Gasteiger partial charge in [-0.15, -0.1) is 0 Å². The molecule has 0 amide bonds. The summed E-state index contributed by atoms with van der Waals surface area (Å²) in [6.45, 7) is 8.17. The number of nitrogens with zero attached hydrogens (tertiary/aromatic N) is 4. The summed E-state index contributed by atoms with van der Waals surface area (Å²) in [5.74, 6) is 0.260. The zero-order chi connectivity index (χ0) is 47.5. The molecule has 6 heterocycles. The zero-order valence-electron chi connectivity index (χ0n) is 37.5. The number of alkyl halides is 6. The van der Waals surface area contributed by atoms with Crippen LogP contribution in [0.2, 0.25) is 0 Å². The maximum Gasteiger partial charge on any atom is 0.417 e. The second kappa shape index (κ2) is 15.8. The largest absolute Gasteiger partial charge is 0.493 e. The molecule has 4 aromatic carbocycles. The summed E-state index contributed by atoms with van der Waals surface area (Å²) in [5, 5.41) is 5.58. The van der Waals surface area contributed by atoms with E-state index in [0.29, 0.717) is 24.2 Å². The summed E-state index contributed by atoms with van der Waals surface area (Å²) in [7, 11) is 0. The monoisotopic (exact) mass is 930 g/mol. The molecular formula is C57H44F6N4O2. The van der Waals surface area contributed by atoms with Crippen LogP contribution in [0.1, 0.15) is 33.1 Å². The number of para-hydroxylation sites is 4. The highest BCUT2D eigenvalue weighted by atomic mass is 19.4. The average molecular weight is 931 g/mol. The van der Waals surface area contributed by atoms with Crippen LogP contribution in [0.5, 0.6) is 0 Å². The summed E-state index contributed by atoms with van der Waals surface area (Å²) < 4.78 is 105. The van der Waals surface area contributed by atoms with Crippen LogP contribution < -0.4 is 21.1 Å². The van der Waals surface area contributed by atoms with Gasteiger partial charge in [0.25, 0.3) is 0 Å². The first-order chi connectivity index (χ1) is 33.3. The first kappa shape index (κ1) is 42.9. The number of fused-ring (bicyclic) bond motifs is 10. The maximum absolute atomic E-state index is 14.5. The van der Waals surface area contributed by atoms with Crippen molar-refractivity contribution >= 4 is 45.1 Å². The molecule has 69 heavy (non-hydrogen) atoms. The molecule has 0 radical (unpaired) electrons. The topological polar surface area (TPSA) is 34.8 Å². The molecule has 0 saturated heterocycles. The third kappa shape index (κ3) is 6.82. The quantitative estimate of drug-likeness (QED) is 0.107. The zero-order valence-corrected chi connectivity index (χ0v) is 37.5. The fourth-order valence-corrected chi connectivity index (χ4v) is 11.3. The lowest BCUT2D eigenvalue weighted by molar-refractivity contribution is -0.0918. The smallest absolute Gasteiger partial charge is 0.417 e. The van der Waals surface area contributed by atoms with Crippen LogP contribution in [0.25, 0.3) is 56.5 Å². The van der Waals surface area contributed by atoms with Crippen molar-refractivity contribution in [3.05, 3.63) is 213 Å². The molecule has 6 nitrogen and oxygen atoms in total. The van der Waals surface area contributed by atoms with Crippen molar-refractivity contribution < 1.29 is 35.8 Å². The van der Waals surface area contributed by atoms with Gasteiger partial charge in [0.15, 0.2) is 6.23 Å². The fraction of sp³-hybridized carbons (Fsp3) is 0.193. The Bertz CT molecular complexity index is 3640. The minimum atomic E-state index is -4.60. The van der Waals surface area contributed by atoms with Gasteiger partial charge >= 0.3 is 12.4 Å². The highest BCUT2D eigenvalue weighted by Crippen LogP contribution is 2.47. The molecule has 12 rings (SSSR count). The molecule has 4 unspecified atom stereocenters. The van der Waals surface area contributed by atoms with Crippen molar-refractivity contribution in [1.29, 1.82) is 0 Å². The van der Waals surface area contributed by atoms with Crippen molar-refractivity contribution in [2.75, 3.05) is 0 Å². The number of allylic oxidation sites excluding steroid dienone is 6. The number of benzene rings is 4. The van der Waals surface area contributed by atoms with E-state index in [1.54, 1.807) is 9.80 Å². The Morgan fingerprint density at radius 2 is 1.06 bits per heavy atom. The van der Waals surface area contributed by atoms with Crippen LogP contribution in [0.15, 0.2) is 192 Å². The highest BCUT2D eigenvalue weighted by molar-refractivity contribution is 5.93. The van der Waals surface area contributed by atoms with E-state index < -0.39 is 48.0 Å². The van der Waals surface area contributed by atoms with Crippen molar-refractivity contribution in [2.24, 2.45) is 0 Å². The summed E-state index contributed by atoms with van der Waals surface area (Å²) >= 11 is 0. The average Bonchev–Trinajstić information content (AvgIpc) is 4.06. The molecule has 0 saturated carbocycles. The van der Waals surface area contributed by atoms with E-state index in [0.717, 1.165) is 101 Å². The summed E-state index contributed by atoms with van der Waals surface area (Å²) in [6, 6.07) is 35.2. The molecule has 346 valence electrons. The normalized spacial score (nSPS) is 20.2. The van der Waals surface area contributed by atoms with Gasteiger partial charge in [0.05, 0.1) is 45.1 Å². The molecule has 0 fully saturated rings. The molecule has 4 aliphatic heterocycles. The number of halogens is 6. The minimum Gasteiger partial charge on any atom is -0.493 e. The van der Waals surface area contributed by atoms with Crippen LogP contribution in [-0.4, -0.2) is 55.8 Å². The number of hydrogen-bond acceptors (Lipinski definition) is 4. The van der Waals surface area contributed by atoms with Gasteiger partial charge in [-0.25, -0.2) is 0 Å². The van der Waals surface area contributed by atoms with Crippen molar-refractivity contribution in [1.82, 2.24) is 18.9 Å². The first-order valence-electron chi connectivity index (χ1n) is 23.0. The van der Waals surface area contributed by atoms with Crippen molar-refractivity contribution in [2.45, 2.75) is 69.9 Å². The lowest BCUT2D eigenvalue weighted by atomic mass is 9.91. The molecule has 0 bridgehead atoms. The van der Waals surface area contributed by atoms with Gasteiger partial charge in [-0.1, -0.05) is 91.5 Å². The van der Waals surface area contributed by atoms with Gasteiger partial charge in [-0.05, 0) is 104 Å². The van der Waals surface area contributed by atoms with Crippen LogP contribution >= 0.6 is 0 Å². The Kier molecular flexibility index (Phi) is 9.83. The summed E-state index contributed by atoms with van der Waals surface area (Å²) in [4.78, 5) is 3.25. The third-order valence-electron chi connectivity index (χ3n) is 14.0. The van der Waals surface area contributed by atoms with E-state index in [4.69, 9.17) is 9.47 Å². The predicted molar refractivity (Wildman–Crippen MR) is 257 cm³/mol. The number of aromatic nitrogens is 2. The van der Waals surface area contributed by atoms with E-state index >= 15 is 0 Å². The van der Waals surface area contributed by atoms with E-state index in [1.165, 1.54) is 12.2 Å². The number of hydrogen-bond donors (Lipinski definition) is 0. The standard InChI is InChI=1S/C57H44F6N4O2/c1-33(68-35(3)54-52-42(44-26-22-36(31-64(44)54)56(58,59)60)24-28-48-50(52)40-18-10-12-20-46(40)66(48)38-14-6-4-7-15-38)30-34(2)69-55-53-43(45-27-23-37(32-65(45)55)57(61,62)63)25-29-49-51(53)41-19-11-13-21-47(41)67(49)39-16-8-5-9-17-39/h4-23,26-29,31-34,54-55H,3,24-25,30H2,1-2H3. The minimum absolute atomic E-state index is 0.260. The lowest BCUT2D eigenvalue weighted by Gasteiger charge is -2.33. The molecule has 4 atom stereocenters. The Balaban J connectivity index is 0.920. The van der Waals surface area contributed by atoms with Gasteiger partial charge in [-0.2, -0.15) is 26.3 Å². The van der Waals surface area contributed by atoms with E-state index in [9.17, 15) is 26.3 Å². The van der Waals surface area contributed by atoms with Crippen LogP contribution in [0.4, 0.5) is 26.3 Å². The Morgan fingerprint density at radius 1 is 0.594 bits per heavy atom. The van der Waals surface area contributed by atoms with Crippen LogP contribution in [-0.2, 0) is 9.47 Å². The van der Waals surface area contributed by atoms with E-state index in [-0.39, 0.29) is 12.2 Å². The Labute approximate surface area is 393 Å². The van der Waals surface area contributed by atoms with E-state index in [1.807, 2.05) is 123 Å². The Morgan fingerprint density at radius 3 is 1.59 bits per heavy atom. The molecule has 6 aromatic rings.